The maximum atomic E-state index is 13.3. The van der Waals surface area contributed by atoms with Crippen LogP contribution < -0.4 is 14.8 Å². The summed E-state index contributed by atoms with van der Waals surface area (Å²) in [7, 11) is 1.59. The minimum atomic E-state index is -0.365. The topological polar surface area (TPSA) is 110 Å². The molecule has 3 aliphatic rings. The number of rotatable bonds is 3. The number of carbonyl (C=O) groups excluding carboxylic acids is 3. The first-order valence-electron chi connectivity index (χ1n) is 13.3. The number of nitrogens with zero attached hydrogens (tertiary/aromatic N) is 3. The first-order valence-corrected chi connectivity index (χ1v) is 13.7. The van der Waals surface area contributed by atoms with Crippen molar-refractivity contribution in [3.63, 3.8) is 0 Å². The highest BCUT2D eigenvalue weighted by Crippen LogP contribution is 2.35. The van der Waals surface area contributed by atoms with Crippen molar-refractivity contribution in [1.82, 2.24) is 20.1 Å². The Bertz CT molecular complexity index is 1200. The molecule has 2 atom stereocenters. The molecule has 39 heavy (non-hydrogen) atoms. The average Bonchev–Trinajstić information content (AvgIpc) is 3.37. The second kappa shape index (κ2) is 12.2. The fourth-order valence-corrected chi connectivity index (χ4v) is 5.60. The van der Waals surface area contributed by atoms with Gasteiger partial charge in [-0.15, -0.1) is 0 Å². The number of amides is 3. The third-order valence-electron chi connectivity index (χ3n) is 7.56. The first-order chi connectivity index (χ1) is 18.9. The first kappa shape index (κ1) is 27.2. The molecule has 11 heteroatoms. The quantitative estimate of drug-likeness (QED) is 0.618. The van der Waals surface area contributed by atoms with E-state index < -0.39 is 0 Å². The van der Waals surface area contributed by atoms with E-state index in [-0.39, 0.29) is 47.8 Å². The highest BCUT2D eigenvalue weighted by atomic mass is 35.5. The summed E-state index contributed by atoms with van der Waals surface area (Å²) in [5.74, 6) is 0.312. The lowest BCUT2D eigenvalue weighted by Crippen LogP contribution is -2.48. The SMILES string of the molecule is COc1ccc2cc1OCCCN(C(=O)C1CCOCC1)CC(=O)N[C@H]1CN(C(=O)c3ccc(Cl)cn3)C[C@H]21. The van der Waals surface area contributed by atoms with Crippen molar-refractivity contribution in [1.29, 1.82) is 0 Å². The Hall–Kier alpha value is -3.37. The van der Waals surface area contributed by atoms with E-state index in [1.165, 1.54) is 6.20 Å². The molecule has 1 aromatic carbocycles. The van der Waals surface area contributed by atoms with E-state index in [0.717, 1.165) is 5.56 Å². The van der Waals surface area contributed by atoms with Gasteiger partial charge in [-0.05, 0) is 49.1 Å². The van der Waals surface area contributed by atoms with Crippen molar-refractivity contribution in [3.8, 4) is 11.5 Å². The Balaban J connectivity index is 1.41. The third kappa shape index (κ3) is 6.28. The van der Waals surface area contributed by atoms with Gasteiger partial charge >= 0.3 is 0 Å². The smallest absolute Gasteiger partial charge is 0.272 e. The van der Waals surface area contributed by atoms with Gasteiger partial charge in [-0.1, -0.05) is 17.7 Å². The molecule has 0 saturated carbocycles. The molecular formula is C28H33ClN4O6. The van der Waals surface area contributed by atoms with Crippen LogP contribution in [-0.2, 0) is 14.3 Å². The predicted octanol–water partition coefficient (Wildman–Crippen LogP) is 2.51. The minimum Gasteiger partial charge on any atom is -0.493 e. The zero-order chi connectivity index (χ0) is 27.4. The Kier molecular flexibility index (Phi) is 8.52. The molecule has 0 spiro atoms. The standard InChI is InChI=1S/C28H33ClN4O6/c1-37-24-6-3-19-13-25(24)39-10-2-9-32(27(35)18-7-11-38-12-8-18)17-26(34)31-23-16-33(15-21(19)23)28(36)22-5-4-20(29)14-30-22/h3-6,13-14,18,21,23H,2,7-12,15-17H2,1H3,(H,31,34)/t21-,23+/m1/s1. The van der Waals surface area contributed by atoms with Crippen molar-refractivity contribution < 1.29 is 28.6 Å². The van der Waals surface area contributed by atoms with Gasteiger partial charge in [-0.2, -0.15) is 0 Å². The number of ether oxygens (including phenoxy) is 3. The highest BCUT2D eigenvalue weighted by molar-refractivity contribution is 6.30. The van der Waals surface area contributed by atoms with Crippen LogP contribution in [0.3, 0.4) is 0 Å². The summed E-state index contributed by atoms with van der Waals surface area (Å²) in [6, 6.07) is 8.55. The lowest BCUT2D eigenvalue weighted by Gasteiger charge is -2.29. The summed E-state index contributed by atoms with van der Waals surface area (Å²) < 4.78 is 17.0. The number of hydrogen-bond donors (Lipinski definition) is 1. The normalized spacial score (nSPS) is 22.5. The third-order valence-corrected chi connectivity index (χ3v) is 7.79. The molecular weight excluding hydrogens is 524 g/mol. The van der Waals surface area contributed by atoms with E-state index in [4.69, 9.17) is 25.8 Å². The zero-order valence-corrected chi connectivity index (χ0v) is 22.7. The molecule has 5 rings (SSSR count). The molecule has 0 radical (unpaired) electrons. The van der Waals surface area contributed by atoms with Crippen LogP contribution in [0.15, 0.2) is 36.5 Å². The summed E-state index contributed by atoms with van der Waals surface area (Å²) in [4.78, 5) is 47.5. The maximum absolute atomic E-state index is 13.3. The summed E-state index contributed by atoms with van der Waals surface area (Å²) in [6.07, 6.45) is 3.31. The molecule has 0 aliphatic carbocycles. The number of likely N-dealkylation sites (tertiary alicyclic amines) is 1. The summed E-state index contributed by atoms with van der Waals surface area (Å²) in [5.41, 5.74) is 1.20. The van der Waals surface area contributed by atoms with Crippen molar-refractivity contribution in [2.75, 3.05) is 53.1 Å². The van der Waals surface area contributed by atoms with Crippen LogP contribution >= 0.6 is 11.6 Å². The average molecular weight is 557 g/mol. The monoisotopic (exact) mass is 556 g/mol. The second-order valence-electron chi connectivity index (χ2n) is 10.1. The Morgan fingerprint density at radius 3 is 2.67 bits per heavy atom. The van der Waals surface area contributed by atoms with Crippen molar-refractivity contribution in [2.24, 2.45) is 5.92 Å². The maximum Gasteiger partial charge on any atom is 0.272 e. The molecule has 2 fully saturated rings. The second-order valence-corrected chi connectivity index (χ2v) is 10.5. The number of methoxy groups -OCH3 is 1. The van der Waals surface area contributed by atoms with Gasteiger partial charge in [-0.25, -0.2) is 4.98 Å². The lowest BCUT2D eigenvalue weighted by molar-refractivity contribution is -0.142. The summed E-state index contributed by atoms with van der Waals surface area (Å²) in [6.45, 7) is 2.48. The molecule has 4 heterocycles. The number of benzene rings is 1. The predicted molar refractivity (Wildman–Crippen MR) is 143 cm³/mol. The van der Waals surface area contributed by atoms with E-state index in [1.54, 1.807) is 29.0 Å². The van der Waals surface area contributed by atoms with E-state index in [2.05, 4.69) is 10.3 Å². The molecule has 3 aliphatic heterocycles. The van der Waals surface area contributed by atoms with E-state index in [9.17, 15) is 14.4 Å². The van der Waals surface area contributed by atoms with Crippen molar-refractivity contribution in [3.05, 3.63) is 52.8 Å². The van der Waals surface area contributed by atoms with Gasteiger partial charge in [0.05, 0.1) is 31.3 Å². The van der Waals surface area contributed by atoms with E-state index in [0.29, 0.717) is 75.2 Å². The van der Waals surface area contributed by atoms with Crippen LogP contribution in [0.2, 0.25) is 5.02 Å². The van der Waals surface area contributed by atoms with Crippen LogP contribution in [0.25, 0.3) is 0 Å². The molecule has 2 bridgehead atoms. The largest absolute Gasteiger partial charge is 0.493 e. The van der Waals surface area contributed by atoms with Gasteiger partial charge in [0, 0.05) is 50.9 Å². The van der Waals surface area contributed by atoms with Gasteiger partial charge in [0.25, 0.3) is 5.91 Å². The molecule has 0 unspecified atom stereocenters. The molecule has 2 aromatic rings. The molecule has 3 amide bonds. The minimum absolute atomic E-state index is 0.0324. The molecule has 2 saturated heterocycles. The van der Waals surface area contributed by atoms with Crippen LogP contribution in [-0.4, -0.2) is 91.7 Å². The van der Waals surface area contributed by atoms with Crippen molar-refractivity contribution >= 4 is 29.3 Å². The highest BCUT2D eigenvalue weighted by Gasteiger charge is 2.39. The Labute approximate surface area is 232 Å². The molecule has 208 valence electrons. The number of fused-ring (bicyclic) bond motifs is 4. The number of aromatic nitrogens is 1. The number of pyridine rings is 1. The molecule has 1 aromatic heterocycles. The number of carbonyl (C=O) groups is 3. The number of hydrogen-bond acceptors (Lipinski definition) is 7. The summed E-state index contributed by atoms with van der Waals surface area (Å²) >= 11 is 5.95. The van der Waals surface area contributed by atoms with Gasteiger partial charge in [0.1, 0.15) is 5.69 Å². The number of nitrogens with one attached hydrogen (secondary N) is 1. The van der Waals surface area contributed by atoms with E-state index in [1.807, 2.05) is 18.2 Å². The van der Waals surface area contributed by atoms with Gasteiger partial charge in [0.15, 0.2) is 11.5 Å². The zero-order valence-electron chi connectivity index (χ0n) is 21.9. The lowest BCUT2D eigenvalue weighted by atomic mass is 9.93. The Morgan fingerprint density at radius 2 is 1.92 bits per heavy atom. The van der Waals surface area contributed by atoms with Crippen LogP contribution in [0.5, 0.6) is 11.5 Å². The van der Waals surface area contributed by atoms with Gasteiger partial charge < -0.3 is 29.3 Å². The van der Waals surface area contributed by atoms with Crippen LogP contribution in [0, 0.1) is 5.92 Å². The van der Waals surface area contributed by atoms with Crippen LogP contribution in [0.1, 0.15) is 41.2 Å². The molecule has 1 N–H and O–H groups in total. The van der Waals surface area contributed by atoms with Crippen molar-refractivity contribution in [2.45, 2.75) is 31.2 Å². The van der Waals surface area contributed by atoms with Gasteiger partial charge in [0.2, 0.25) is 11.8 Å². The Morgan fingerprint density at radius 1 is 1.10 bits per heavy atom. The van der Waals surface area contributed by atoms with Crippen LogP contribution in [0.4, 0.5) is 0 Å². The number of halogens is 1. The summed E-state index contributed by atoms with van der Waals surface area (Å²) in [5, 5.41) is 3.57. The van der Waals surface area contributed by atoms with Gasteiger partial charge in [-0.3, -0.25) is 14.4 Å². The van der Waals surface area contributed by atoms with E-state index >= 15 is 0 Å². The fraction of sp³-hybridized carbons (Fsp3) is 0.500. The fourth-order valence-electron chi connectivity index (χ4n) is 5.49. The molecule has 10 nitrogen and oxygen atoms in total.